The predicted octanol–water partition coefficient (Wildman–Crippen LogP) is 1.14. The van der Waals surface area contributed by atoms with E-state index in [4.69, 9.17) is 9.47 Å². The number of hydrogen-bond acceptors (Lipinski definition) is 5. The molecule has 22 heavy (non-hydrogen) atoms. The monoisotopic (exact) mass is 325 g/mol. The van der Waals surface area contributed by atoms with E-state index in [9.17, 15) is 13.5 Å². The molecule has 2 heterocycles. The van der Waals surface area contributed by atoms with Gasteiger partial charge in [0.2, 0.25) is 10.0 Å². The van der Waals surface area contributed by atoms with Crippen molar-refractivity contribution in [1.82, 2.24) is 4.31 Å². The average molecular weight is 325 g/mol. The van der Waals surface area contributed by atoms with Crippen molar-refractivity contribution < 1.29 is 23.0 Å². The molecule has 6 nitrogen and oxygen atoms in total. The number of sulfonamides is 1. The minimum atomic E-state index is -3.70. The van der Waals surface area contributed by atoms with Crippen LogP contribution < -0.4 is 9.47 Å². The third-order valence-electron chi connectivity index (χ3n) is 4.70. The van der Waals surface area contributed by atoms with Gasteiger partial charge in [-0.15, -0.1) is 0 Å². The second-order valence-corrected chi connectivity index (χ2v) is 8.02. The van der Waals surface area contributed by atoms with Crippen molar-refractivity contribution in [3.05, 3.63) is 18.2 Å². The Bertz CT molecular complexity index is 698. The first-order valence-corrected chi connectivity index (χ1v) is 9.09. The molecule has 1 N–H and O–H groups in total. The second kappa shape index (κ2) is 4.84. The second-order valence-electron chi connectivity index (χ2n) is 6.16. The standard InChI is InChI=1S/C15H19NO5S/c17-15(6-7-15)13-5-2-8-16(13)22(18,19)12-4-1-3-11-14(12)21-10-9-20-11/h1,3-4,13,17H,2,5-10H2. The number of rotatable bonds is 3. The molecule has 2 aliphatic heterocycles. The molecular weight excluding hydrogens is 306 g/mol. The molecule has 1 saturated carbocycles. The molecule has 0 aromatic heterocycles. The zero-order chi connectivity index (χ0) is 15.4. The van der Waals surface area contributed by atoms with E-state index in [1.165, 1.54) is 4.31 Å². The molecule has 1 aliphatic carbocycles. The summed E-state index contributed by atoms with van der Waals surface area (Å²) in [4.78, 5) is 0.140. The molecule has 1 atom stereocenters. The Morgan fingerprint density at radius 2 is 2.00 bits per heavy atom. The van der Waals surface area contributed by atoms with E-state index in [1.807, 2.05) is 0 Å². The van der Waals surface area contributed by atoms with Crippen molar-refractivity contribution in [2.75, 3.05) is 19.8 Å². The van der Waals surface area contributed by atoms with E-state index >= 15 is 0 Å². The predicted molar refractivity (Wildman–Crippen MR) is 78.5 cm³/mol. The van der Waals surface area contributed by atoms with Gasteiger partial charge in [-0.2, -0.15) is 4.31 Å². The molecule has 1 unspecified atom stereocenters. The molecule has 0 radical (unpaired) electrons. The van der Waals surface area contributed by atoms with E-state index < -0.39 is 15.6 Å². The van der Waals surface area contributed by atoms with Crippen molar-refractivity contribution in [3.63, 3.8) is 0 Å². The SMILES string of the molecule is O=S(=O)(c1cccc2c1OCCO2)N1CCCC1C1(O)CC1. The van der Waals surface area contributed by atoms with Gasteiger partial charge in [-0.3, -0.25) is 0 Å². The molecule has 1 aromatic carbocycles. The van der Waals surface area contributed by atoms with Crippen LogP contribution in [0.5, 0.6) is 11.5 Å². The Balaban J connectivity index is 1.75. The zero-order valence-corrected chi connectivity index (χ0v) is 13.0. The molecule has 0 bridgehead atoms. The first kappa shape index (κ1) is 14.3. The van der Waals surface area contributed by atoms with Crippen molar-refractivity contribution in [2.24, 2.45) is 0 Å². The lowest BCUT2D eigenvalue weighted by molar-refractivity contribution is 0.0824. The van der Waals surface area contributed by atoms with E-state index in [0.717, 1.165) is 6.42 Å². The van der Waals surface area contributed by atoms with Gasteiger partial charge in [-0.1, -0.05) is 6.07 Å². The third-order valence-corrected chi connectivity index (χ3v) is 6.63. The van der Waals surface area contributed by atoms with Crippen LogP contribution in [0.1, 0.15) is 25.7 Å². The highest BCUT2D eigenvalue weighted by Gasteiger charge is 2.54. The summed E-state index contributed by atoms with van der Waals surface area (Å²) in [5.41, 5.74) is -0.838. The van der Waals surface area contributed by atoms with E-state index in [0.29, 0.717) is 50.5 Å². The maximum atomic E-state index is 13.1. The number of nitrogens with zero attached hydrogens (tertiary/aromatic N) is 1. The van der Waals surface area contributed by atoms with Crippen LogP contribution >= 0.6 is 0 Å². The maximum absolute atomic E-state index is 13.1. The highest BCUT2D eigenvalue weighted by Crippen LogP contribution is 2.47. The molecule has 3 aliphatic rings. The van der Waals surface area contributed by atoms with Crippen LogP contribution in [0.25, 0.3) is 0 Å². The van der Waals surface area contributed by atoms with Gasteiger partial charge in [0.25, 0.3) is 0 Å². The van der Waals surface area contributed by atoms with Gasteiger partial charge in [0.15, 0.2) is 11.5 Å². The number of fused-ring (bicyclic) bond motifs is 1. The van der Waals surface area contributed by atoms with Crippen LogP contribution in [-0.2, 0) is 10.0 Å². The van der Waals surface area contributed by atoms with Gasteiger partial charge in [-0.25, -0.2) is 8.42 Å². The summed E-state index contributed by atoms with van der Waals surface area (Å²) in [6.45, 7) is 1.20. The minimum Gasteiger partial charge on any atom is -0.486 e. The molecule has 0 amide bonds. The van der Waals surface area contributed by atoms with Crippen molar-refractivity contribution in [1.29, 1.82) is 0 Å². The minimum absolute atomic E-state index is 0.140. The van der Waals surface area contributed by atoms with Crippen molar-refractivity contribution >= 4 is 10.0 Å². The first-order chi connectivity index (χ1) is 10.5. The molecule has 4 rings (SSSR count). The number of aliphatic hydroxyl groups is 1. The van der Waals surface area contributed by atoms with Gasteiger partial charge in [0, 0.05) is 6.54 Å². The quantitative estimate of drug-likeness (QED) is 0.902. The van der Waals surface area contributed by atoms with Gasteiger partial charge in [0.05, 0.1) is 11.6 Å². The Kier molecular flexibility index (Phi) is 3.15. The van der Waals surface area contributed by atoms with Gasteiger partial charge in [0.1, 0.15) is 18.1 Å². The Morgan fingerprint density at radius 3 is 2.77 bits per heavy atom. The summed E-state index contributed by atoms with van der Waals surface area (Å²) in [5.74, 6) is 0.760. The van der Waals surface area contributed by atoms with E-state index in [1.54, 1.807) is 18.2 Å². The molecule has 120 valence electrons. The Morgan fingerprint density at radius 1 is 1.23 bits per heavy atom. The fourth-order valence-electron chi connectivity index (χ4n) is 3.40. The van der Waals surface area contributed by atoms with Crippen LogP contribution in [-0.4, -0.2) is 49.2 Å². The summed E-state index contributed by atoms with van der Waals surface area (Å²) in [7, 11) is -3.70. The highest BCUT2D eigenvalue weighted by atomic mass is 32.2. The van der Waals surface area contributed by atoms with Crippen molar-refractivity contribution in [3.8, 4) is 11.5 Å². The fourth-order valence-corrected chi connectivity index (χ4v) is 5.31. The van der Waals surface area contributed by atoms with Gasteiger partial charge in [-0.05, 0) is 37.8 Å². The lowest BCUT2D eigenvalue weighted by Gasteiger charge is -2.29. The van der Waals surface area contributed by atoms with E-state index in [-0.39, 0.29) is 10.9 Å². The number of hydrogen-bond donors (Lipinski definition) is 1. The van der Waals surface area contributed by atoms with Crippen LogP contribution in [0.15, 0.2) is 23.1 Å². The normalized spacial score (nSPS) is 26.9. The number of para-hydroxylation sites is 1. The highest BCUT2D eigenvalue weighted by molar-refractivity contribution is 7.89. The first-order valence-electron chi connectivity index (χ1n) is 7.65. The van der Waals surface area contributed by atoms with Crippen LogP contribution in [0.2, 0.25) is 0 Å². The Hall–Kier alpha value is -1.31. The third kappa shape index (κ3) is 2.11. The molecule has 0 spiro atoms. The van der Waals surface area contributed by atoms with Crippen LogP contribution in [0.3, 0.4) is 0 Å². The summed E-state index contributed by atoms with van der Waals surface area (Å²) in [6, 6.07) is 4.61. The smallest absolute Gasteiger partial charge is 0.247 e. The number of ether oxygens (including phenoxy) is 2. The summed E-state index contributed by atoms with van der Waals surface area (Å²) >= 11 is 0. The fraction of sp³-hybridized carbons (Fsp3) is 0.600. The molecule has 7 heteroatoms. The van der Waals surface area contributed by atoms with Crippen molar-refractivity contribution in [2.45, 2.75) is 42.2 Å². The molecule has 1 saturated heterocycles. The molecule has 1 aromatic rings. The summed E-state index contributed by atoms with van der Waals surface area (Å²) in [5, 5.41) is 10.4. The lowest BCUT2D eigenvalue weighted by atomic mass is 10.1. The molecular formula is C15H19NO5S. The maximum Gasteiger partial charge on any atom is 0.247 e. The average Bonchev–Trinajstić information content (AvgIpc) is 3.07. The van der Waals surface area contributed by atoms with Crippen LogP contribution in [0, 0.1) is 0 Å². The topological polar surface area (TPSA) is 76.1 Å². The van der Waals surface area contributed by atoms with Gasteiger partial charge < -0.3 is 14.6 Å². The van der Waals surface area contributed by atoms with E-state index in [2.05, 4.69) is 0 Å². The lowest BCUT2D eigenvalue weighted by Crippen LogP contribution is -2.44. The summed E-state index contributed by atoms with van der Waals surface area (Å²) < 4.78 is 38.6. The molecule has 2 fully saturated rings. The van der Waals surface area contributed by atoms with Gasteiger partial charge >= 0.3 is 0 Å². The number of benzene rings is 1. The zero-order valence-electron chi connectivity index (χ0n) is 12.2. The largest absolute Gasteiger partial charge is 0.486 e. The Labute approximate surface area is 129 Å². The summed E-state index contributed by atoms with van der Waals surface area (Å²) in [6.07, 6.45) is 2.84. The van der Waals surface area contributed by atoms with Crippen LogP contribution in [0.4, 0.5) is 0 Å².